The first-order chi connectivity index (χ1) is 6.56. The topological polar surface area (TPSA) is 58.7 Å². The third-order valence-electron chi connectivity index (χ3n) is 1.84. The van der Waals surface area contributed by atoms with E-state index >= 15 is 0 Å². The zero-order valence-electron chi connectivity index (χ0n) is 8.02. The number of anilines is 1. The van der Waals surface area contributed by atoms with Crippen molar-refractivity contribution in [2.45, 2.75) is 0 Å². The molecule has 0 bridgehead atoms. The lowest BCUT2D eigenvalue weighted by molar-refractivity contribution is 1.13. The van der Waals surface area contributed by atoms with Gasteiger partial charge in [0.05, 0.1) is 5.69 Å². The molecule has 1 aromatic carbocycles. The van der Waals surface area contributed by atoms with Crippen LogP contribution in [0.4, 0.5) is 11.4 Å². The number of rotatable bonds is 3. The highest BCUT2D eigenvalue weighted by molar-refractivity contribution is 7.80. The molecule has 5 heteroatoms. The Labute approximate surface area is 87.7 Å². The van der Waals surface area contributed by atoms with Crippen molar-refractivity contribution in [2.75, 3.05) is 19.0 Å². The summed E-state index contributed by atoms with van der Waals surface area (Å²) in [7, 11) is 3.68. The Kier molecular flexibility index (Phi) is 3.14. The van der Waals surface area contributed by atoms with Gasteiger partial charge in [-0.2, -0.15) is 0 Å². The molecule has 0 aliphatic heterocycles. The molecule has 0 spiro atoms. The van der Waals surface area contributed by atoms with Crippen LogP contribution in [0.1, 0.15) is 5.56 Å². The number of hydrogen-bond acceptors (Lipinski definition) is 4. The second-order valence-electron chi connectivity index (χ2n) is 3.05. The molecular weight excluding hydrogens is 198 g/mol. The van der Waals surface area contributed by atoms with E-state index in [0.29, 0.717) is 11.3 Å². The summed E-state index contributed by atoms with van der Waals surface area (Å²) in [5, 5.41) is 2.93. The van der Waals surface area contributed by atoms with E-state index in [9.17, 15) is 4.91 Å². The number of thiocarbonyl (C=S) groups is 1. The number of benzene rings is 1. The molecule has 0 radical (unpaired) electrons. The van der Waals surface area contributed by atoms with Crippen LogP contribution in [-0.2, 0) is 0 Å². The summed E-state index contributed by atoms with van der Waals surface area (Å²) >= 11 is 4.80. The summed E-state index contributed by atoms with van der Waals surface area (Å²) in [6.07, 6.45) is 0. The Morgan fingerprint density at radius 1 is 1.50 bits per heavy atom. The van der Waals surface area contributed by atoms with Crippen LogP contribution in [0.25, 0.3) is 0 Å². The second-order valence-corrected chi connectivity index (χ2v) is 3.49. The van der Waals surface area contributed by atoms with Crippen LogP contribution in [0.15, 0.2) is 23.4 Å². The molecule has 0 amide bonds. The molecule has 0 aromatic heterocycles. The van der Waals surface area contributed by atoms with Gasteiger partial charge >= 0.3 is 0 Å². The highest BCUT2D eigenvalue weighted by atomic mass is 32.1. The van der Waals surface area contributed by atoms with Crippen LogP contribution in [0, 0.1) is 4.91 Å². The highest BCUT2D eigenvalue weighted by Crippen LogP contribution is 2.27. The van der Waals surface area contributed by atoms with E-state index in [0.717, 1.165) is 5.69 Å². The van der Waals surface area contributed by atoms with Crippen LogP contribution < -0.4 is 10.6 Å². The average Bonchev–Trinajstić information content (AvgIpc) is 2.16. The molecule has 0 unspecified atom stereocenters. The molecule has 4 nitrogen and oxygen atoms in total. The van der Waals surface area contributed by atoms with E-state index in [2.05, 4.69) is 5.18 Å². The molecule has 1 rings (SSSR count). The van der Waals surface area contributed by atoms with Gasteiger partial charge in [-0.05, 0) is 23.4 Å². The van der Waals surface area contributed by atoms with Crippen molar-refractivity contribution in [2.24, 2.45) is 10.9 Å². The summed E-state index contributed by atoms with van der Waals surface area (Å²) in [6, 6.07) is 5.13. The Bertz CT molecular complexity index is 376. The molecule has 0 saturated carbocycles. The Morgan fingerprint density at radius 3 is 2.57 bits per heavy atom. The summed E-state index contributed by atoms with van der Waals surface area (Å²) < 4.78 is 0. The normalized spacial score (nSPS) is 9.57. The standard InChI is InChI=1S/C9H11N3OS/c1-12(2)8-4-3-6(9(10)14)5-7(8)11-13/h3-5H,1-2H3,(H2,10,14). The van der Waals surface area contributed by atoms with Crippen molar-refractivity contribution in [3.8, 4) is 0 Å². The van der Waals surface area contributed by atoms with Gasteiger partial charge in [-0.25, -0.2) is 0 Å². The van der Waals surface area contributed by atoms with Crippen LogP contribution in [0.2, 0.25) is 0 Å². The van der Waals surface area contributed by atoms with E-state index in [1.54, 1.807) is 23.1 Å². The molecule has 0 aliphatic carbocycles. The van der Waals surface area contributed by atoms with Crippen molar-refractivity contribution < 1.29 is 0 Å². The van der Waals surface area contributed by atoms with Gasteiger partial charge in [0.25, 0.3) is 0 Å². The maximum absolute atomic E-state index is 10.5. The number of nitrogens with two attached hydrogens (primary N) is 1. The zero-order chi connectivity index (χ0) is 10.7. The number of nitrogens with zero attached hydrogens (tertiary/aromatic N) is 2. The Balaban J connectivity index is 3.25. The number of nitroso groups, excluding NO2 is 1. The van der Waals surface area contributed by atoms with Crippen molar-refractivity contribution in [3.05, 3.63) is 28.7 Å². The fourth-order valence-electron chi connectivity index (χ4n) is 1.13. The second kappa shape index (κ2) is 4.15. The summed E-state index contributed by atoms with van der Waals surface area (Å²) in [6.45, 7) is 0. The van der Waals surface area contributed by atoms with E-state index in [-0.39, 0.29) is 4.99 Å². The van der Waals surface area contributed by atoms with Crippen LogP contribution in [0.3, 0.4) is 0 Å². The molecule has 2 N–H and O–H groups in total. The zero-order valence-corrected chi connectivity index (χ0v) is 8.84. The van der Waals surface area contributed by atoms with E-state index < -0.39 is 0 Å². The average molecular weight is 209 g/mol. The van der Waals surface area contributed by atoms with Gasteiger partial charge in [-0.3, -0.25) is 0 Å². The molecule has 0 saturated heterocycles. The lowest BCUT2D eigenvalue weighted by Gasteiger charge is -2.14. The minimum Gasteiger partial charge on any atom is -0.389 e. The van der Waals surface area contributed by atoms with Crippen molar-refractivity contribution in [1.29, 1.82) is 0 Å². The molecule has 0 aliphatic rings. The predicted octanol–water partition coefficient (Wildman–Crippen LogP) is 1.78. The van der Waals surface area contributed by atoms with Gasteiger partial charge in [0.2, 0.25) is 0 Å². The molecule has 1 aromatic rings. The van der Waals surface area contributed by atoms with Gasteiger partial charge in [0.1, 0.15) is 10.7 Å². The maximum Gasteiger partial charge on any atom is 0.131 e. The predicted molar refractivity (Wildman–Crippen MR) is 62.1 cm³/mol. The lowest BCUT2D eigenvalue weighted by Crippen LogP contribution is -2.12. The van der Waals surface area contributed by atoms with Crippen molar-refractivity contribution in [1.82, 2.24) is 0 Å². The monoisotopic (exact) mass is 209 g/mol. The van der Waals surface area contributed by atoms with Gasteiger partial charge < -0.3 is 10.6 Å². The fraction of sp³-hybridized carbons (Fsp3) is 0.222. The first-order valence-corrected chi connectivity index (χ1v) is 4.41. The molecule has 0 fully saturated rings. The quantitative estimate of drug-likeness (QED) is 0.609. The first-order valence-electron chi connectivity index (χ1n) is 4.01. The summed E-state index contributed by atoms with van der Waals surface area (Å²) in [5.74, 6) is 0. The smallest absolute Gasteiger partial charge is 0.131 e. The van der Waals surface area contributed by atoms with Crippen molar-refractivity contribution >= 4 is 28.6 Å². The maximum atomic E-state index is 10.5. The Morgan fingerprint density at radius 2 is 2.14 bits per heavy atom. The third-order valence-corrected chi connectivity index (χ3v) is 2.08. The van der Waals surface area contributed by atoms with Crippen LogP contribution in [-0.4, -0.2) is 19.1 Å². The molecule has 74 valence electrons. The third kappa shape index (κ3) is 2.05. The molecular formula is C9H11N3OS. The highest BCUT2D eigenvalue weighted by Gasteiger charge is 2.07. The van der Waals surface area contributed by atoms with Crippen LogP contribution >= 0.6 is 12.2 Å². The van der Waals surface area contributed by atoms with Gasteiger partial charge in [0, 0.05) is 19.7 Å². The lowest BCUT2D eigenvalue weighted by atomic mass is 10.1. The minimum absolute atomic E-state index is 0.264. The SMILES string of the molecule is CN(C)c1ccc(C(N)=S)cc1N=O. The minimum atomic E-state index is 0.264. The molecule has 0 heterocycles. The largest absolute Gasteiger partial charge is 0.389 e. The first kappa shape index (κ1) is 10.6. The summed E-state index contributed by atoms with van der Waals surface area (Å²) in [5.41, 5.74) is 7.19. The fourth-order valence-corrected chi connectivity index (χ4v) is 1.25. The van der Waals surface area contributed by atoms with Crippen molar-refractivity contribution in [3.63, 3.8) is 0 Å². The van der Waals surface area contributed by atoms with E-state index in [1.165, 1.54) is 0 Å². The van der Waals surface area contributed by atoms with E-state index in [4.69, 9.17) is 18.0 Å². The molecule has 14 heavy (non-hydrogen) atoms. The van der Waals surface area contributed by atoms with Gasteiger partial charge in [0.15, 0.2) is 0 Å². The van der Waals surface area contributed by atoms with Gasteiger partial charge in [-0.15, -0.1) is 4.91 Å². The number of hydrogen-bond donors (Lipinski definition) is 1. The van der Waals surface area contributed by atoms with Crippen LogP contribution in [0.5, 0.6) is 0 Å². The summed E-state index contributed by atoms with van der Waals surface area (Å²) in [4.78, 5) is 12.6. The van der Waals surface area contributed by atoms with Gasteiger partial charge in [-0.1, -0.05) is 12.2 Å². The molecule has 0 atom stereocenters. The Hall–Kier alpha value is -1.49. The van der Waals surface area contributed by atoms with E-state index in [1.807, 2.05) is 14.1 Å².